The van der Waals surface area contributed by atoms with Crippen molar-refractivity contribution in [2.24, 2.45) is 0 Å². The van der Waals surface area contributed by atoms with Crippen LogP contribution in [0.4, 0.5) is 0 Å². The number of hydrogen-bond acceptors (Lipinski definition) is 14. The van der Waals surface area contributed by atoms with E-state index in [0.717, 1.165) is 37.9 Å². The highest BCUT2D eigenvalue weighted by Crippen LogP contribution is 2.33. The molecule has 74 heavy (non-hydrogen) atoms. The minimum absolute atomic E-state index is 0.0471. The molecule has 0 bridgehead atoms. The Morgan fingerprint density at radius 1 is 0.527 bits per heavy atom. The van der Waals surface area contributed by atoms with E-state index in [1.165, 1.54) is 26.8 Å². The van der Waals surface area contributed by atoms with E-state index in [1.54, 1.807) is 100 Å². The van der Waals surface area contributed by atoms with Crippen molar-refractivity contribution in [3.05, 3.63) is 151 Å². The van der Waals surface area contributed by atoms with Gasteiger partial charge in [-0.15, -0.1) is 32.9 Å². The van der Waals surface area contributed by atoms with E-state index >= 15 is 0 Å². The number of fused-ring (bicyclic) bond motifs is 2. The summed E-state index contributed by atoms with van der Waals surface area (Å²) < 4.78 is 59.8. The lowest BCUT2D eigenvalue weighted by Crippen LogP contribution is -2.38. The first kappa shape index (κ1) is 52.2. The fraction of sp³-hybridized carbons (Fsp3) is 0.250. The summed E-state index contributed by atoms with van der Waals surface area (Å²) in [5.41, 5.74) is 3.64. The van der Waals surface area contributed by atoms with Crippen LogP contribution in [0.5, 0.6) is 0 Å². The second-order valence-electron chi connectivity index (χ2n) is 17.2. The molecule has 6 heterocycles. The number of piperidine rings is 2. The lowest BCUT2D eigenvalue weighted by Gasteiger charge is -2.30. The summed E-state index contributed by atoms with van der Waals surface area (Å²) in [5, 5.41) is 41.7. The van der Waals surface area contributed by atoms with Crippen molar-refractivity contribution >= 4 is 112 Å². The molecular weight excluding hydrogens is 1080 g/mol. The zero-order valence-corrected chi connectivity index (χ0v) is 43.5. The molecule has 0 atom stereocenters. The van der Waals surface area contributed by atoms with Crippen molar-refractivity contribution in [1.82, 2.24) is 49.2 Å². The van der Waals surface area contributed by atoms with Gasteiger partial charge in [0, 0.05) is 57.1 Å². The average molecular weight is 1120 g/mol. The molecule has 4 N–H and O–H groups in total. The van der Waals surface area contributed by atoms with Gasteiger partial charge in [0.05, 0.1) is 47.3 Å². The number of halogens is 2. The maximum Gasteiger partial charge on any atom is 0.335 e. The Morgan fingerprint density at radius 2 is 0.932 bits per heavy atom. The third-order valence-electron chi connectivity index (χ3n) is 12.5. The number of amides is 2. The molecule has 2 aliphatic rings. The topological polar surface area (TPSA) is 269 Å². The zero-order chi connectivity index (χ0) is 52.3. The standard InChI is InChI=1S/2C24H22ClN5O5S2/c25-17-4-1-15(2-5-17)23(31)26-14-19-6-8-22(36-19)37(34,35)29-11-9-18(10-12-29)30-21-7-3-16(24(32)33)13-20(21)27-28-30;25-17-4-1-15(2-5-17)23(31)26-14-19-6-8-22(36-19)37(34,35)29-11-9-18(10-12-29)30-21-13-16(24(32)33)3-7-20(21)27-28-30/h2*1-8,13,18H,9-12,14H2,(H,26,31)(H,32,33). The van der Waals surface area contributed by atoms with E-state index in [2.05, 4.69) is 31.3 Å². The molecule has 0 radical (unpaired) electrons. The number of carboxylic acid groups (broad SMARTS) is 2. The summed E-state index contributed by atoms with van der Waals surface area (Å²) >= 11 is 14.0. The summed E-state index contributed by atoms with van der Waals surface area (Å²) in [6, 6.07) is 28.8. The Kier molecular flexibility index (Phi) is 15.6. The van der Waals surface area contributed by atoms with Crippen molar-refractivity contribution in [1.29, 1.82) is 0 Å². The van der Waals surface area contributed by atoms with E-state index in [0.29, 0.717) is 89.6 Å². The Balaban J connectivity index is 0.000000182. The van der Waals surface area contributed by atoms with Crippen LogP contribution in [-0.2, 0) is 33.1 Å². The van der Waals surface area contributed by atoms with Gasteiger partial charge in [-0.05, 0) is 135 Å². The van der Waals surface area contributed by atoms with Crippen molar-refractivity contribution in [2.45, 2.75) is 59.3 Å². The highest BCUT2D eigenvalue weighted by molar-refractivity contribution is 7.91. The molecule has 2 aliphatic heterocycles. The van der Waals surface area contributed by atoms with Gasteiger partial charge in [0.25, 0.3) is 31.9 Å². The third-order valence-corrected chi connectivity index (χ3v) is 19.9. The van der Waals surface area contributed by atoms with E-state index in [9.17, 15) is 46.2 Å². The summed E-state index contributed by atoms with van der Waals surface area (Å²) in [7, 11) is -7.36. The molecule has 0 aliphatic carbocycles. The number of carboxylic acids is 2. The Labute approximate surface area is 441 Å². The predicted molar refractivity (Wildman–Crippen MR) is 277 cm³/mol. The number of carbonyl (C=O) groups is 4. The molecule has 8 aromatic rings. The van der Waals surface area contributed by atoms with Crippen LogP contribution >= 0.6 is 45.9 Å². The number of rotatable bonds is 14. The summed E-state index contributed by atoms with van der Waals surface area (Å²) in [5.74, 6) is -2.60. The summed E-state index contributed by atoms with van der Waals surface area (Å²) in [6.07, 6.45) is 2.14. The number of sulfonamides is 2. The molecule has 2 saturated heterocycles. The average Bonchev–Trinajstić information content (AvgIpc) is 4.25. The number of hydrogen-bond donors (Lipinski definition) is 4. The van der Waals surface area contributed by atoms with Crippen molar-refractivity contribution in [2.75, 3.05) is 26.2 Å². The van der Waals surface area contributed by atoms with Crippen LogP contribution < -0.4 is 10.6 Å². The first-order valence-electron chi connectivity index (χ1n) is 22.9. The first-order chi connectivity index (χ1) is 35.4. The highest BCUT2D eigenvalue weighted by Gasteiger charge is 2.34. The van der Waals surface area contributed by atoms with Gasteiger partial charge in [0.1, 0.15) is 19.5 Å². The van der Waals surface area contributed by atoms with Gasteiger partial charge in [-0.2, -0.15) is 8.61 Å². The summed E-state index contributed by atoms with van der Waals surface area (Å²) in [4.78, 5) is 48.6. The Morgan fingerprint density at radius 3 is 1.39 bits per heavy atom. The van der Waals surface area contributed by atoms with Gasteiger partial charge in [0.2, 0.25) is 0 Å². The summed E-state index contributed by atoms with van der Waals surface area (Å²) in [6.45, 7) is 1.67. The third kappa shape index (κ3) is 11.5. The molecule has 4 aromatic heterocycles. The minimum atomic E-state index is -3.69. The van der Waals surface area contributed by atoms with Gasteiger partial charge >= 0.3 is 11.9 Å². The maximum atomic E-state index is 13.3. The lowest BCUT2D eigenvalue weighted by atomic mass is 10.1. The van der Waals surface area contributed by atoms with Gasteiger partial charge in [-0.25, -0.2) is 35.8 Å². The number of aromatic nitrogens is 6. The van der Waals surface area contributed by atoms with Crippen molar-refractivity contribution in [3.63, 3.8) is 0 Å². The number of benzene rings is 4. The molecule has 20 nitrogen and oxygen atoms in total. The second kappa shape index (κ2) is 22.1. The van der Waals surface area contributed by atoms with E-state index in [-0.39, 0.29) is 56.5 Å². The van der Waals surface area contributed by atoms with Crippen LogP contribution in [0.15, 0.2) is 118 Å². The first-order valence-corrected chi connectivity index (χ1v) is 28.1. The molecule has 4 aromatic carbocycles. The number of aromatic carboxylic acids is 2. The number of nitrogens with zero attached hydrogens (tertiary/aromatic N) is 8. The fourth-order valence-electron chi connectivity index (χ4n) is 8.52. The van der Waals surface area contributed by atoms with Crippen molar-refractivity contribution < 1.29 is 46.2 Å². The van der Waals surface area contributed by atoms with Gasteiger partial charge in [-0.1, -0.05) is 33.6 Å². The minimum Gasteiger partial charge on any atom is -0.478 e. The van der Waals surface area contributed by atoms with Crippen LogP contribution in [0.1, 0.15) is 89.0 Å². The molecule has 10 rings (SSSR count). The highest BCUT2D eigenvalue weighted by atomic mass is 35.5. The number of nitrogens with one attached hydrogen (secondary N) is 2. The second-order valence-corrected chi connectivity index (χ2v) is 24.7. The van der Waals surface area contributed by atoms with Gasteiger partial charge in [0.15, 0.2) is 0 Å². The number of carbonyl (C=O) groups excluding carboxylic acids is 2. The molecule has 0 unspecified atom stereocenters. The lowest BCUT2D eigenvalue weighted by molar-refractivity contribution is 0.0686. The van der Waals surface area contributed by atoms with Gasteiger partial charge < -0.3 is 20.8 Å². The zero-order valence-electron chi connectivity index (χ0n) is 38.7. The van der Waals surface area contributed by atoms with Crippen molar-refractivity contribution in [3.8, 4) is 0 Å². The quantitative estimate of drug-likeness (QED) is 0.0817. The van der Waals surface area contributed by atoms with Crippen LogP contribution in [0.3, 0.4) is 0 Å². The largest absolute Gasteiger partial charge is 0.478 e. The molecule has 384 valence electrons. The predicted octanol–water partition coefficient (Wildman–Crippen LogP) is 7.60. The monoisotopic (exact) mass is 1120 g/mol. The Bertz CT molecular complexity index is 3620. The SMILES string of the molecule is O=C(O)c1ccc2c(c1)nnn2C1CCN(S(=O)(=O)c2ccc(CNC(=O)c3ccc(Cl)cc3)s2)CC1.O=C(O)c1ccc2nnn(C3CCN(S(=O)(=O)c4ccc(CNC(=O)c5ccc(Cl)cc5)s4)CC3)c2c1. The number of thiophene rings is 2. The normalized spacial score (nSPS) is 15.2. The van der Waals surface area contributed by atoms with E-state index in [1.807, 2.05) is 0 Å². The molecule has 0 saturated carbocycles. The van der Waals surface area contributed by atoms with Crippen LogP contribution in [0, 0.1) is 0 Å². The molecule has 0 spiro atoms. The van der Waals surface area contributed by atoms with E-state index < -0.39 is 32.0 Å². The van der Waals surface area contributed by atoms with Crippen LogP contribution in [0.2, 0.25) is 10.0 Å². The fourth-order valence-corrected chi connectivity index (χ4v) is 14.6. The molecule has 2 fully saturated rings. The smallest absolute Gasteiger partial charge is 0.335 e. The van der Waals surface area contributed by atoms with Crippen LogP contribution in [0.25, 0.3) is 22.1 Å². The molecular formula is C48H44Cl2N10O10S4. The molecule has 26 heteroatoms. The van der Waals surface area contributed by atoms with E-state index in [4.69, 9.17) is 23.2 Å². The van der Waals surface area contributed by atoms with Crippen LogP contribution in [-0.4, -0.2) is 116 Å². The molecule has 2 amide bonds. The Hall–Kier alpha value is -6.64. The maximum absolute atomic E-state index is 13.3. The van der Waals surface area contributed by atoms with Gasteiger partial charge in [-0.3, -0.25) is 9.59 Å².